The van der Waals surface area contributed by atoms with Crippen LogP contribution in [0.25, 0.3) is 10.8 Å². The van der Waals surface area contributed by atoms with Crippen molar-refractivity contribution in [2.45, 2.75) is 26.7 Å². The summed E-state index contributed by atoms with van der Waals surface area (Å²) in [5.74, 6) is 0.784. The Labute approximate surface area is 120 Å². The van der Waals surface area contributed by atoms with E-state index in [2.05, 4.69) is 10.2 Å². The average Bonchev–Trinajstić information content (AvgIpc) is 2.94. The molecule has 0 saturated heterocycles. The molecule has 6 nitrogen and oxygen atoms in total. The van der Waals surface area contributed by atoms with Gasteiger partial charge >= 0.3 is 5.97 Å². The van der Waals surface area contributed by atoms with E-state index in [1.807, 2.05) is 25.3 Å². The minimum atomic E-state index is -0.835. The van der Waals surface area contributed by atoms with Crippen LogP contribution in [0.15, 0.2) is 15.9 Å². The van der Waals surface area contributed by atoms with E-state index in [0.29, 0.717) is 18.2 Å². The third-order valence-electron chi connectivity index (χ3n) is 2.75. The van der Waals surface area contributed by atoms with Crippen LogP contribution >= 0.6 is 11.3 Å². The molecule has 0 atom stereocenters. The maximum absolute atomic E-state index is 10.8. The van der Waals surface area contributed by atoms with Gasteiger partial charge in [0.2, 0.25) is 5.89 Å². The fourth-order valence-electron chi connectivity index (χ4n) is 1.84. The molecule has 7 heteroatoms. The molecule has 0 aliphatic heterocycles. The highest BCUT2D eigenvalue weighted by atomic mass is 32.1. The monoisotopic (exact) mass is 296 g/mol. The van der Waals surface area contributed by atoms with E-state index in [1.165, 1.54) is 11.3 Å². The number of hydrogen-bond acceptors (Lipinski definition) is 6. The van der Waals surface area contributed by atoms with Gasteiger partial charge in [-0.2, -0.15) is 0 Å². The zero-order chi connectivity index (χ0) is 14.8. The van der Waals surface area contributed by atoms with Crippen molar-refractivity contribution in [2.75, 3.05) is 7.11 Å². The molecular formula is C13H16N2O4S. The van der Waals surface area contributed by atoms with Crippen molar-refractivity contribution in [3.8, 4) is 16.5 Å². The second-order valence-corrected chi connectivity index (χ2v) is 6.17. The maximum atomic E-state index is 10.8. The lowest BCUT2D eigenvalue weighted by atomic mass is 9.86. The van der Waals surface area contributed by atoms with Gasteiger partial charge in [0.25, 0.3) is 5.89 Å². The van der Waals surface area contributed by atoms with Gasteiger partial charge in [-0.15, -0.1) is 21.5 Å². The fourth-order valence-corrected chi connectivity index (χ4v) is 2.62. The molecule has 108 valence electrons. The van der Waals surface area contributed by atoms with E-state index in [4.69, 9.17) is 14.3 Å². The van der Waals surface area contributed by atoms with Gasteiger partial charge in [-0.25, -0.2) is 0 Å². The summed E-state index contributed by atoms with van der Waals surface area (Å²) in [7, 11) is 1.60. The first-order valence-electron chi connectivity index (χ1n) is 6.07. The minimum absolute atomic E-state index is 0.0531. The number of nitrogens with zero attached hydrogens (tertiary/aromatic N) is 2. The Morgan fingerprint density at radius 3 is 2.85 bits per heavy atom. The molecule has 0 radical (unpaired) electrons. The Balaban J connectivity index is 2.11. The first-order chi connectivity index (χ1) is 9.39. The van der Waals surface area contributed by atoms with Crippen molar-refractivity contribution in [1.29, 1.82) is 0 Å². The number of aliphatic carboxylic acids is 1. The van der Waals surface area contributed by atoms with Crippen LogP contribution in [-0.4, -0.2) is 28.4 Å². The summed E-state index contributed by atoms with van der Waals surface area (Å²) in [4.78, 5) is 11.6. The molecule has 2 aromatic heterocycles. The Hall–Kier alpha value is -1.89. The van der Waals surface area contributed by atoms with Gasteiger partial charge in [-0.3, -0.25) is 4.79 Å². The molecule has 1 N–H and O–H groups in total. The van der Waals surface area contributed by atoms with E-state index >= 15 is 0 Å². The molecule has 0 aliphatic carbocycles. The van der Waals surface area contributed by atoms with Gasteiger partial charge < -0.3 is 14.3 Å². The molecule has 2 rings (SSSR count). The lowest BCUT2D eigenvalue weighted by Crippen LogP contribution is -2.19. The van der Waals surface area contributed by atoms with Crippen molar-refractivity contribution in [2.24, 2.45) is 5.41 Å². The topological polar surface area (TPSA) is 85.5 Å². The second kappa shape index (κ2) is 5.62. The van der Waals surface area contributed by atoms with Crippen molar-refractivity contribution >= 4 is 17.3 Å². The van der Waals surface area contributed by atoms with Crippen LogP contribution in [0.5, 0.6) is 5.75 Å². The molecule has 0 bridgehead atoms. The third-order valence-corrected chi connectivity index (χ3v) is 3.64. The van der Waals surface area contributed by atoms with Gasteiger partial charge in [0.1, 0.15) is 5.75 Å². The molecule has 0 aromatic carbocycles. The summed E-state index contributed by atoms with van der Waals surface area (Å²) in [5.41, 5.74) is -0.428. The van der Waals surface area contributed by atoms with Crippen LogP contribution in [0, 0.1) is 5.41 Å². The highest BCUT2D eigenvalue weighted by molar-refractivity contribution is 7.13. The van der Waals surface area contributed by atoms with E-state index < -0.39 is 11.4 Å². The van der Waals surface area contributed by atoms with Crippen LogP contribution in [0.3, 0.4) is 0 Å². The minimum Gasteiger partial charge on any atom is -0.496 e. The molecule has 2 heterocycles. The zero-order valence-corrected chi connectivity index (χ0v) is 12.4. The van der Waals surface area contributed by atoms with Crippen molar-refractivity contribution in [1.82, 2.24) is 10.2 Å². The Bertz CT molecular complexity index is 603. The van der Waals surface area contributed by atoms with Crippen molar-refractivity contribution in [3.05, 3.63) is 17.3 Å². The summed E-state index contributed by atoms with van der Waals surface area (Å²) in [6.07, 6.45) is 0.479. The summed E-state index contributed by atoms with van der Waals surface area (Å²) in [5, 5.41) is 18.7. The molecule has 2 aromatic rings. The Kier molecular flexibility index (Phi) is 4.08. The summed E-state index contributed by atoms with van der Waals surface area (Å²) < 4.78 is 10.7. The molecule has 0 unspecified atom stereocenters. The predicted octanol–water partition coefficient (Wildman–Crippen LogP) is 2.85. The maximum Gasteiger partial charge on any atom is 0.303 e. The second-order valence-electron chi connectivity index (χ2n) is 5.26. The van der Waals surface area contributed by atoms with E-state index in [1.54, 1.807) is 7.11 Å². The number of methoxy groups -OCH3 is 1. The summed E-state index contributed by atoms with van der Waals surface area (Å²) >= 11 is 1.45. The molecule has 20 heavy (non-hydrogen) atoms. The number of ether oxygens (including phenoxy) is 1. The van der Waals surface area contributed by atoms with Crippen molar-refractivity contribution < 1.29 is 19.1 Å². The van der Waals surface area contributed by atoms with E-state index in [9.17, 15) is 4.79 Å². The Morgan fingerprint density at radius 1 is 1.50 bits per heavy atom. The lowest BCUT2D eigenvalue weighted by Gasteiger charge is -2.19. The smallest absolute Gasteiger partial charge is 0.303 e. The highest BCUT2D eigenvalue weighted by Crippen LogP contribution is 2.31. The molecule has 0 saturated carbocycles. The number of hydrogen-bond donors (Lipinski definition) is 1. The molecule has 0 amide bonds. The SMILES string of the molecule is COc1csc(-c2nnc(CC(C)(C)CC(=O)O)o2)c1. The van der Waals surface area contributed by atoms with E-state index in [0.717, 1.165) is 10.6 Å². The van der Waals surface area contributed by atoms with Crippen LogP contribution in [0.4, 0.5) is 0 Å². The van der Waals surface area contributed by atoms with Crippen LogP contribution in [0.1, 0.15) is 26.2 Å². The van der Waals surface area contributed by atoms with Crippen LogP contribution in [0.2, 0.25) is 0 Å². The first kappa shape index (κ1) is 14.5. The van der Waals surface area contributed by atoms with Gasteiger partial charge in [-0.1, -0.05) is 13.8 Å². The average molecular weight is 296 g/mol. The highest BCUT2D eigenvalue weighted by Gasteiger charge is 2.25. The largest absolute Gasteiger partial charge is 0.496 e. The normalized spacial score (nSPS) is 11.6. The fraction of sp³-hybridized carbons (Fsp3) is 0.462. The first-order valence-corrected chi connectivity index (χ1v) is 6.95. The van der Waals surface area contributed by atoms with Crippen molar-refractivity contribution in [3.63, 3.8) is 0 Å². The number of carbonyl (C=O) groups is 1. The number of carboxylic acid groups (broad SMARTS) is 1. The molecular weight excluding hydrogens is 280 g/mol. The zero-order valence-electron chi connectivity index (χ0n) is 11.5. The molecule has 0 fully saturated rings. The van der Waals surface area contributed by atoms with Crippen LogP contribution in [-0.2, 0) is 11.2 Å². The number of carboxylic acids is 1. The quantitative estimate of drug-likeness (QED) is 0.882. The Morgan fingerprint density at radius 2 is 2.25 bits per heavy atom. The third kappa shape index (κ3) is 3.57. The molecule has 0 aliphatic rings. The standard InChI is InChI=1S/C13H16N2O4S/c1-13(2,6-11(16)17)5-10-14-15-12(19-10)9-4-8(18-3)7-20-9/h4,7H,5-6H2,1-3H3,(H,16,17). The van der Waals surface area contributed by atoms with Gasteiger partial charge in [0.05, 0.1) is 18.4 Å². The number of rotatable bonds is 6. The lowest BCUT2D eigenvalue weighted by molar-refractivity contribution is -0.139. The van der Waals surface area contributed by atoms with E-state index in [-0.39, 0.29) is 6.42 Å². The number of aromatic nitrogens is 2. The van der Waals surface area contributed by atoms with Gasteiger partial charge in [0.15, 0.2) is 0 Å². The van der Waals surface area contributed by atoms with Gasteiger partial charge in [-0.05, 0) is 5.41 Å². The van der Waals surface area contributed by atoms with Gasteiger partial charge in [0, 0.05) is 17.9 Å². The predicted molar refractivity (Wildman–Crippen MR) is 73.9 cm³/mol. The summed E-state index contributed by atoms with van der Waals surface area (Å²) in [6, 6.07) is 1.82. The molecule has 0 spiro atoms. The summed E-state index contributed by atoms with van der Waals surface area (Å²) in [6.45, 7) is 3.72. The number of thiophene rings is 1. The van der Waals surface area contributed by atoms with Crippen LogP contribution < -0.4 is 4.74 Å².